The summed E-state index contributed by atoms with van der Waals surface area (Å²) in [6.45, 7) is 4.73. The topological polar surface area (TPSA) is 70.2 Å². The Hall–Kier alpha value is -1.88. The largest absolute Gasteiger partial charge is 0.326 e. The van der Waals surface area contributed by atoms with Gasteiger partial charge in [0.2, 0.25) is 11.8 Å². The van der Waals surface area contributed by atoms with Crippen LogP contribution in [0, 0.1) is 0 Å². The average molecular weight is 263 g/mol. The van der Waals surface area contributed by atoms with Gasteiger partial charge in [-0.1, -0.05) is 13.3 Å². The summed E-state index contributed by atoms with van der Waals surface area (Å²) in [6, 6.07) is 7.02. The number of carbonyl (C=O) groups is 2. The van der Waals surface area contributed by atoms with Crippen molar-refractivity contribution in [2.24, 2.45) is 0 Å². The first kappa shape index (κ1) is 15.2. The molecule has 19 heavy (non-hydrogen) atoms. The van der Waals surface area contributed by atoms with E-state index < -0.39 is 0 Å². The molecule has 0 bridgehead atoms. The van der Waals surface area contributed by atoms with Crippen LogP contribution in [0.1, 0.15) is 26.7 Å². The fourth-order valence-electron chi connectivity index (χ4n) is 1.55. The van der Waals surface area contributed by atoms with E-state index in [9.17, 15) is 9.59 Å². The Labute approximate surface area is 113 Å². The van der Waals surface area contributed by atoms with E-state index in [1.54, 1.807) is 24.3 Å². The number of anilines is 2. The van der Waals surface area contributed by atoms with Crippen LogP contribution in [0.4, 0.5) is 11.4 Å². The summed E-state index contributed by atoms with van der Waals surface area (Å²) in [5.74, 6) is -0.180. The van der Waals surface area contributed by atoms with Gasteiger partial charge in [-0.05, 0) is 37.2 Å². The van der Waals surface area contributed by atoms with Crippen molar-refractivity contribution in [2.45, 2.75) is 26.7 Å². The molecule has 0 unspecified atom stereocenters. The van der Waals surface area contributed by atoms with Crippen molar-refractivity contribution in [2.75, 3.05) is 23.7 Å². The van der Waals surface area contributed by atoms with Gasteiger partial charge in [-0.2, -0.15) is 0 Å². The average Bonchev–Trinajstić information content (AvgIpc) is 2.36. The highest BCUT2D eigenvalue weighted by Gasteiger charge is 2.02. The molecule has 0 aliphatic heterocycles. The van der Waals surface area contributed by atoms with Crippen molar-refractivity contribution in [3.63, 3.8) is 0 Å². The summed E-state index contributed by atoms with van der Waals surface area (Å²) in [4.78, 5) is 22.5. The molecule has 5 heteroatoms. The Bertz CT molecular complexity index is 415. The fourth-order valence-corrected chi connectivity index (χ4v) is 1.55. The second-order valence-corrected chi connectivity index (χ2v) is 4.34. The Morgan fingerprint density at radius 3 is 2.16 bits per heavy atom. The Kier molecular flexibility index (Phi) is 6.60. The van der Waals surface area contributed by atoms with Crippen LogP contribution in [-0.2, 0) is 9.59 Å². The Balaban J connectivity index is 2.36. The van der Waals surface area contributed by atoms with Gasteiger partial charge < -0.3 is 16.0 Å². The van der Waals surface area contributed by atoms with Gasteiger partial charge in [-0.15, -0.1) is 0 Å². The Morgan fingerprint density at radius 2 is 1.63 bits per heavy atom. The number of carbonyl (C=O) groups excluding carboxylic acids is 2. The van der Waals surface area contributed by atoms with Crippen molar-refractivity contribution < 1.29 is 9.59 Å². The van der Waals surface area contributed by atoms with Crippen LogP contribution in [0.5, 0.6) is 0 Å². The van der Waals surface area contributed by atoms with Crippen molar-refractivity contribution in [1.82, 2.24) is 5.32 Å². The monoisotopic (exact) mass is 263 g/mol. The molecule has 0 saturated carbocycles. The minimum Gasteiger partial charge on any atom is -0.326 e. The van der Waals surface area contributed by atoms with E-state index in [4.69, 9.17) is 0 Å². The van der Waals surface area contributed by atoms with Crippen molar-refractivity contribution in [1.29, 1.82) is 0 Å². The molecular weight excluding hydrogens is 242 g/mol. The summed E-state index contributed by atoms with van der Waals surface area (Å²) >= 11 is 0. The lowest BCUT2D eigenvalue weighted by Gasteiger charge is -2.07. The maximum absolute atomic E-state index is 11.6. The van der Waals surface area contributed by atoms with Crippen LogP contribution in [-0.4, -0.2) is 24.9 Å². The third-order valence-electron chi connectivity index (χ3n) is 2.48. The quantitative estimate of drug-likeness (QED) is 0.659. The molecule has 0 fully saturated rings. The number of benzene rings is 1. The van der Waals surface area contributed by atoms with E-state index in [0.29, 0.717) is 12.2 Å². The number of rotatable bonds is 7. The maximum Gasteiger partial charge on any atom is 0.238 e. The van der Waals surface area contributed by atoms with E-state index in [2.05, 4.69) is 22.9 Å². The zero-order valence-electron chi connectivity index (χ0n) is 11.5. The fraction of sp³-hybridized carbons (Fsp3) is 0.429. The molecule has 0 radical (unpaired) electrons. The van der Waals surface area contributed by atoms with Crippen LogP contribution in [0.15, 0.2) is 24.3 Å². The van der Waals surface area contributed by atoms with Crippen LogP contribution in [0.3, 0.4) is 0 Å². The predicted molar refractivity (Wildman–Crippen MR) is 77.2 cm³/mol. The predicted octanol–water partition coefficient (Wildman–Crippen LogP) is 1.97. The summed E-state index contributed by atoms with van der Waals surface area (Å²) < 4.78 is 0. The molecular formula is C14H21N3O2. The molecule has 1 rings (SSSR count). The SMILES string of the molecule is CCCCNCC(=O)Nc1ccc(NC(C)=O)cc1. The third kappa shape index (κ3) is 6.57. The van der Waals surface area contributed by atoms with Gasteiger partial charge in [-0.3, -0.25) is 9.59 Å². The second kappa shape index (κ2) is 8.26. The zero-order chi connectivity index (χ0) is 14.1. The molecule has 2 amide bonds. The zero-order valence-corrected chi connectivity index (χ0v) is 11.5. The molecule has 104 valence electrons. The number of unbranched alkanes of at least 4 members (excludes halogenated alkanes) is 1. The van der Waals surface area contributed by atoms with Gasteiger partial charge in [0.1, 0.15) is 0 Å². The molecule has 1 aromatic carbocycles. The highest BCUT2D eigenvalue weighted by atomic mass is 16.2. The first-order valence-electron chi connectivity index (χ1n) is 6.50. The molecule has 0 atom stereocenters. The van der Waals surface area contributed by atoms with Crippen LogP contribution < -0.4 is 16.0 Å². The number of nitrogens with one attached hydrogen (secondary N) is 3. The van der Waals surface area contributed by atoms with Gasteiger partial charge in [0, 0.05) is 18.3 Å². The molecule has 0 aromatic heterocycles. The van der Waals surface area contributed by atoms with Crippen molar-refractivity contribution in [3.05, 3.63) is 24.3 Å². The van der Waals surface area contributed by atoms with E-state index >= 15 is 0 Å². The van der Waals surface area contributed by atoms with Gasteiger partial charge in [0.05, 0.1) is 6.54 Å². The maximum atomic E-state index is 11.6. The van der Waals surface area contributed by atoms with Gasteiger partial charge in [-0.25, -0.2) is 0 Å². The lowest BCUT2D eigenvalue weighted by Crippen LogP contribution is -2.28. The molecule has 0 saturated heterocycles. The van der Waals surface area contributed by atoms with Crippen LogP contribution in [0.2, 0.25) is 0 Å². The molecule has 5 nitrogen and oxygen atoms in total. The molecule has 0 aliphatic carbocycles. The number of hydrogen-bond donors (Lipinski definition) is 3. The molecule has 0 heterocycles. The summed E-state index contributed by atoms with van der Waals surface area (Å²) in [5, 5.41) is 8.53. The van der Waals surface area contributed by atoms with E-state index in [1.165, 1.54) is 6.92 Å². The summed E-state index contributed by atoms with van der Waals surface area (Å²) in [6.07, 6.45) is 2.18. The summed E-state index contributed by atoms with van der Waals surface area (Å²) in [7, 11) is 0. The first-order chi connectivity index (χ1) is 9.11. The number of amides is 2. The molecule has 1 aromatic rings. The molecule has 0 spiro atoms. The molecule has 3 N–H and O–H groups in total. The number of hydrogen-bond acceptors (Lipinski definition) is 3. The third-order valence-corrected chi connectivity index (χ3v) is 2.48. The normalized spacial score (nSPS) is 10.0. The lowest BCUT2D eigenvalue weighted by molar-refractivity contribution is -0.115. The summed E-state index contributed by atoms with van der Waals surface area (Å²) in [5.41, 5.74) is 1.43. The van der Waals surface area contributed by atoms with E-state index in [-0.39, 0.29) is 11.8 Å². The standard InChI is InChI=1S/C14H21N3O2/c1-3-4-9-15-10-14(19)17-13-7-5-12(6-8-13)16-11(2)18/h5-8,15H,3-4,9-10H2,1-2H3,(H,16,18)(H,17,19). The first-order valence-corrected chi connectivity index (χ1v) is 6.50. The smallest absolute Gasteiger partial charge is 0.238 e. The molecule has 0 aliphatic rings. The van der Waals surface area contributed by atoms with Crippen molar-refractivity contribution in [3.8, 4) is 0 Å². The highest BCUT2D eigenvalue weighted by Crippen LogP contribution is 2.13. The van der Waals surface area contributed by atoms with E-state index in [0.717, 1.165) is 25.1 Å². The second-order valence-electron chi connectivity index (χ2n) is 4.34. The Morgan fingerprint density at radius 1 is 1.05 bits per heavy atom. The minimum atomic E-state index is -0.114. The lowest BCUT2D eigenvalue weighted by atomic mass is 10.2. The highest BCUT2D eigenvalue weighted by molar-refractivity contribution is 5.93. The van der Waals surface area contributed by atoms with E-state index in [1.807, 2.05) is 0 Å². The van der Waals surface area contributed by atoms with Gasteiger partial charge in [0.15, 0.2) is 0 Å². The van der Waals surface area contributed by atoms with Gasteiger partial charge in [0.25, 0.3) is 0 Å². The van der Waals surface area contributed by atoms with Crippen molar-refractivity contribution >= 4 is 23.2 Å². The van der Waals surface area contributed by atoms with Gasteiger partial charge >= 0.3 is 0 Å². The van der Waals surface area contributed by atoms with Crippen LogP contribution in [0.25, 0.3) is 0 Å². The minimum absolute atomic E-state index is 0.0663. The van der Waals surface area contributed by atoms with Crippen LogP contribution >= 0.6 is 0 Å².